The highest BCUT2D eigenvalue weighted by molar-refractivity contribution is 6.36. The van der Waals surface area contributed by atoms with Gasteiger partial charge in [-0.2, -0.15) is 0 Å². The predicted molar refractivity (Wildman–Crippen MR) is 77.7 cm³/mol. The molecule has 4 nitrogen and oxygen atoms in total. The van der Waals surface area contributed by atoms with Crippen molar-refractivity contribution in [3.8, 4) is 0 Å². The molecule has 6 heteroatoms. The standard InChI is InChI=1S/C13H17Cl2N3O/c1-9-3-2-4-18(7-9)8-12(19)17-13-11(15)5-10(14)6-16-13/h5-6,9H,2-4,7-8H2,1H3,(H,16,17,19)/t9-/m1/s1. The van der Waals surface area contributed by atoms with Gasteiger partial charge in [-0.1, -0.05) is 30.1 Å². The van der Waals surface area contributed by atoms with E-state index in [9.17, 15) is 4.79 Å². The predicted octanol–water partition coefficient (Wildman–Crippen LogP) is 3.06. The highest BCUT2D eigenvalue weighted by atomic mass is 35.5. The molecule has 1 fully saturated rings. The summed E-state index contributed by atoms with van der Waals surface area (Å²) in [6, 6.07) is 1.56. The zero-order valence-electron chi connectivity index (χ0n) is 10.8. The second kappa shape index (κ2) is 6.55. The van der Waals surface area contributed by atoms with E-state index in [4.69, 9.17) is 23.2 Å². The van der Waals surface area contributed by atoms with Crippen molar-refractivity contribution in [2.45, 2.75) is 19.8 Å². The molecule has 0 aliphatic carbocycles. The number of pyridine rings is 1. The molecule has 0 saturated carbocycles. The molecule has 0 unspecified atom stereocenters. The van der Waals surface area contributed by atoms with Crippen molar-refractivity contribution < 1.29 is 4.79 Å². The fraction of sp³-hybridized carbons (Fsp3) is 0.538. The van der Waals surface area contributed by atoms with E-state index in [2.05, 4.69) is 22.1 Å². The molecule has 2 heterocycles. The van der Waals surface area contributed by atoms with E-state index < -0.39 is 0 Å². The molecule has 1 saturated heterocycles. The first-order valence-corrected chi connectivity index (χ1v) is 7.13. The van der Waals surface area contributed by atoms with E-state index >= 15 is 0 Å². The van der Waals surface area contributed by atoms with Crippen molar-refractivity contribution in [3.63, 3.8) is 0 Å². The van der Waals surface area contributed by atoms with Gasteiger partial charge in [0.2, 0.25) is 5.91 Å². The number of aromatic nitrogens is 1. The fourth-order valence-electron chi connectivity index (χ4n) is 2.31. The number of rotatable bonds is 3. The number of nitrogens with one attached hydrogen (secondary N) is 1. The molecule has 1 amide bonds. The maximum Gasteiger partial charge on any atom is 0.239 e. The van der Waals surface area contributed by atoms with E-state index in [0.717, 1.165) is 19.5 Å². The molecule has 0 bridgehead atoms. The Morgan fingerprint density at radius 2 is 2.37 bits per heavy atom. The Morgan fingerprint density at radius 3 is 3.05 bits per heavy atom. The number of carbonyl (C=O) groups is 1. The van der Waals surface area contributed by atoms with Gasteiger partial charge in [-0.3, -0.25) is 9.69 Å². The van der Waals surface area contributed by atoms with Crippen molar-refractivity contribution in [2.24, 2.45) is 5.92 Å². The summed E-state index contributed by atoms with van der Waals surface area (Å²) in [5.41, 5.74) is 0. The average Bonchev–Trinajstić information content (AvgIpc) is 2.33. The Hall–Kier alpha value is -0.840. The lowest BCUT2D eigenvalue weighted by Gasteiger charge is -2.30. The number of anilines is 1. The molecule has 104 valence electrons. The normalized spacial score (nSPS) is 20.3. The Kier molecular flexibility index (Phi) is 5.02. The summed E-state index contributed by atoms with van der Waals surface area (Å²) in [4.78, 5) is 18.1. The van der Waals surface area contributed by atoms with E-state index in [1.54, 1.807) is 6.07 Å². The number of likely N-dealkylation sites (tertiary alicyclic amines) is 1. The molecule has 1 atom stereocenters. The maximum absolute atomic E-state index is 11.9. The van der Waals surface area contributed by atoms with Gasteiger partial charge in [0, 0.05) is 12.7 Å². The van der Waals surface area contributed by atoms with E-state index in [1.165, 1.54) is 12.6 Å². The van der Waals surface area contributed by atoms with Crippen LogP contribution in [0.5, 0.6) is 0 Å². The van der Waals surface area contributed by atoms with E-state index in [1.807, 2.05) is 0 Å². The number of carbonyl (C=O) groups excluding carboxylic acids is 1. The third kappa shape index (κ3) is 4.34. The van der Waals surface area contributed by atoms with Crippen LogP contribution in [0.25, 0.3) is 0 Å². The van der Waals surface area contributed by atoms with Gasteiger partial charge in [0.05, 0.1) is 16.6 Å². The molecular weight excluding hydrogens is 285 g/mol. The van der Waals surface area contributed by atoms with Crippen molar-refractivity contribution >= 4 is 34.9 Å². The smallest absolute Gasteiger partial charge is 0.239 e. The van der Waals surface area contributed by atoms with Gasteiger partial charge in [0.1, 0.15) is 0 Å². The first-order chi connectivity index (χ1) is 9.04. The summed E-state index contributed by atoms with van der Waals surface area (Å²) in [7, 11) is 0. The molecular formula is C13H17Cl2N3O. The minimum Gasteiger partial charge on any atom is -0.308 e. The first kappa shape index (κ1) is 14.6. The maximum atomic E-state index is 11.9. The third-order valence-corrected chi connectivity index (χ3v) is 3.67. The second-order valence-electron chi connectivity index (χ2n) is 5.01. The number of amides is 1. The SMILES string of the molecule is C[C@@H]1CCCN(CC(=O)Nc2ncc(Cl)cc2Cl)C1. The molecule has 1 aromatic rings. The molecule has 1 N–H and O–H groups in total. The topological polar surface area (TPSA) is 45.2 Å². The molecule has 1 aliphatic heterocycles. The summed E-state index contributed by atoms with van der Waals surface area (Å²) >= 11 is 11.7. The molecule has 0 aromatic carbocycles. The highest BCUT2D eigenvalue weighted by Crippen LogP contribution is 2.22. The number of piperidine rings is 1. The van der Waals surface area contributed by atoms with Gasteiger partial charge in [0.25, 0.3) is 0 Å². The van der Waals surface area contributed by atoms with Gasteiger partial charge >= 0.3 is 0 Å². The lowest BCUT2D eigenvalue weighted by atomic mass is 10.0. The van der Waals surface area contributed by atoms with Crippen molar-refractivity contribution in [1.82, 2.24) is 9.88 Å². The molecule has 1 aliphatic rings. The third-order valence-electron chi connectivity index (χ3n) is 3.17. The van der Waals surface area contributed by atoms with Gasteiger partial charge < -0.3 is 5.32 Å². The highest BCUT2D eigenvalue weighted by Gasteiger charge is 2.19. The first-order valence-electron chi connectivity index (χ1n) is 6.38. The zero-order chi connectivity index (χ0) is 13.8. The van der Waals surface area contributed by atoms with Crippen LogP contribution in [0, 0.1) is 5.92 Å². The molecule has 2 rings (SSSR count). The number of hydrogen-bond acceptors (Lipinski definition) is 3. The zero-order valence-corrected chi connectivity index (χ0v) is 12.3. The lowest BCUT2D eigenvalue weighted by Crippen LogP contribution is -2.39. The van der Waals surface area contributed by atoms with Crippen LogP contribution in [0.3, 0.4) is 0 Å². The molecule has 0 radical (unpaired) electrons. The van der Waals surface area contributed by atoms with Crippen molar-refractivity contribution in [2.75, 3.05) is 25.0 Å². The van der Waals surface area contributed by atoms with Crippen LogP contribution in [0.4, 0.5) is 5.82 Å². The Morgan fingerprint density at radius 1 is 1.58 bits per heavy atom. The summed E-state index contributed by atoms with van der Waals surface area (Å²) in [6.07, 6.45) is 3.85. The summed E-state index contributed by atoms with van der Waals surface area (Å²) in [5.74, 6) is 0.922. The number of hydrogen-bond donors (Lipinski definition) is 1. The molecule has 19 heavy (non-hydrogen) atoms. The van der Waals surface area contributed by atoms with Gasteiger partial charge in [-0.05, 0) is 31.4 Å². The minimum absolute atomic E-state index is 0.0918. The largest absolute Gasteiger partial charge is 0.308 e. The van der Waals surface area contributed by atoms with Crippen LogP contribution in [0.15, 0.2) is 12.3 Å². The van der Waals surface area contributed by atoms with Gasteiger partial charge in [-0.15, -0.1) is 0 Å². The summed E-state index contributed by atoms with van der Waals surface area (Å²) in [5, 5.41) is 3.52. The Bertz CT molecular complexity index is 467. The summed E-state index contributed by atoms with van der Waals surface area (Å²) in [6.45, 7) is 4.53. The van der Waals surface area contributed by atoms with Crippen LogP contribution in [-0.4, -0.2) is 35.4 Å². The minimum atomic E-state index is -0.0918. The van der Waals surface area contributed by atoms with Crippen LogP contribution >= 0.6 is 23.2 Å². The van der Waals surface area contributed by atoms with Crippen LogP contribution in [0.2, 0.25) is 10.0 Å². The van der Waals surface area contributed by atoms with Crippen LogP contribution in [-0.2, 0) is 4.79 Å². The van der Waals surface area contributed by atoms with Gasteiger partial charge in [0.15, 0.2) is 5.82 Å². The van der Waals surface area contributed by atoms with Crippen LogP contribution in [0.1, 0.15) is 19.8 Å². The molecule has 0 spiro atoms. The average molecular weight is 302 g/mol. The quantitative estimate of drug-likeness (QED) is 0.933. The number of nitrogens with zero attached hydrogens (tertiary/aromatic N) is 2. The Balaban J connectivity index is 1.90. The monoisotopic (exact) mass is 301 g/mol. The van der Waals surface area contributed by atoms with Crippen LogP contribution < -0.4 is 5.32 Å². The lowest BCUT2D eigenvalue weighted by molar-refractivity contribution is -0.117. The fourth-order valence-corrected chi connectivity index (χ4v) is 2.74. The van der Waals surface area contributed by atoms with Crippen molar-refractivity contribution in [1.29, 1.82) is 0 Å². The summed E-state index contributed by atoms with van der Waals surface area (Å²) < 4.78 is 0. The Labute approximate surface area is 123 Å². The van der Waals surface area contributed by atoms with E-state index in [-0.39, 0.29) is 5.91 Å². The van der Waals surface area contributed by atoms with E-state index in [0.29, 0.717) is 28.3 Å². The van der Waals surface area contributed by atoms with Gasteiger partial charge in [-0.25, -0.2) is 4.98 Å². The number of halogens is 2. The second-order valence-corrected chi connectivity index (χ2v) is 5.86. The van der Waals surface area contributed by atoms with Crippen molar-refractivity contribution in [3.05, 3.63) is 22.3 Å². The molecule has 1 aromatic heterocycles.